The van der Waals surface area contributed by atoms with Crippen molar-refractivity contribution < 1.29 is 17.6 Å². The van der Waals surface area contributed by atoms with Crippen LogP contribution in [0.15, 0.2) is 65.7 Å². The van der Waals surface area contributed by atoms with Crippen LogP contribution in [-0.2, 0) is 10.0 Å². The molecule has 2 aromatic carbocycles. The molecule has 0 aliphatic heterocycles. The number of nitrogens with one attached hydrogen (secondary N) is 2. The van der Waals surface area contributed by atoms with Gasteiger partial charge < -0.3 is 0 Å². The number of aromatic nitrogens is 2. The van der Waals surface area contributed by atoms with E-state index >= 15 is 0 Å². The molecule has 134 valence electrons. The van der Waals surface area contributed by atoms with Gasteiger partial charge in [0.25, 0.3) is 15.9 Å². The number of rotatable bonds is 5. The number of hydrogen-bond donors (Lipinski definition) is 2. The van der Waals surface area contributed by atoms with Crippen molar-refractivity contribution in [2.24, 2.45) is 0 Å². The summed E-state index contributed by atoms with van der Waals surface area (Å²) in [7, 11) is -3.96. The second-order valence-corrected chi connectivity index (χ2v) is 7.12. The molecule has 1 amide bonds. The van der Waals surface area contributed by atoms with Crippen LogP contribution >= 0.6 is 0 Å². The molecule has 0 bridgehead atoms. The lowest BCUT2D eigenvalue weighted by Crippen LogP contribution is -2.41. The summed E-state index contributed by atoms with van der Waals surface area (Å²) in [5.41, 5.74) is 2.93. The van der Waals surface area contributed by atoms with E-state index in [0.717, 1.165) is 11.8 Å². The largest absolute Gasteiger partial charge is 0.273 e. The summed E-state index contributed by atoms with van der Waals surface area (Å²) >= 11 is 0. The van der Waals surface area contributed by atoms with E-state index in [4.69, 9.17) is 0 Å². The summed E-state index contributed by atoms with van der Waals surface area (Å²) in [5, 5.41) is 4.19. The Labute approximate surface area is 149 Å². The number of carbonyl (C=O) groups excluding carboxylic acids is 1. The van der Waals surface area contributed by atoms with Gasteiger partial charge in [-0.2, -0.15) is 5.10 Å². The number of aryl methyl sites for hydroxylation is 1. The van der Waals surface area contributed by atoms with Crippen molar-refractivity contribution in [2.45, 2.75) is 11.8 Å². The Morgan fingerprint density at radius 2 is 1.85 bits per heavy atom. The van der Waals surface area contributed by atoms with E-state index in [1.54, 1.807) is 37.4 Å². The summed E-state index contributed by atoms with van der Waals surface area (Å²) in [6.07, 6.45) is 1.67. The van der Waals surface area contributed by atoms with Crippen LogP contribution in [0.5, 0.6) is 0 Å². The molecular formula is C17H15FN4O3S. The number of hydrazine groups is 1. The third-order valence-corrected chi connectivity index (χ3v) is 4.80. The molecule has 1 aromatic heterocycles. The van der Waals surface area contributed by atoms with Crippen molar-refractivity contribution in [3.8, 4) is 5.69 Å². The van der Waals surface area contributed by atoms with Gasteiger partial charge in [0, 0.05) is 6.20 Å². The van der Waals surface area contributed by atoms with Crippen LogP contribution in [-0.4, -0.2) is 24.1 Å². The highest BCUT2D eigenvalue weighted by molar-refractivity contribution is 7.89. The molecule has 0 unspecified atom stereocenters. The molecule has 0 atom stereocenters. The van der Waals surface area contributed by atoms with Crippen LogP contribution in [0.2, 0.25) is 0 Å². The molecule has 2 N–H and O–H groups in total. The number of hydrogen-bond acceptors (Lipinski definition) is 4. The lowest BCUT2D eigenvalue weighted by atomic mass is 10.2. The molecule has 0 fully saturated rings. The van der Waals surface area contributed by atoms with Gasteiger partial charge in [0.1, 0.15) is 5.82 Å². The van der Waals surface area contributed by atoms with Crippen molar-refractivity contribution in [1.82, 2.24) is 20.0 Å². The monoisotopic (exact) mass is 374 g/mol. The van der Waals surface area contributed by atoms with Gasteiger partial charge in [0.05, 0.1) is 21.8 Å². The fourth-order valence-corrected chi connectivity index (χ4v) is 3.09. The highest BCUT2D eigenvalue weighted by Gasteiger charge is 2.18. The smallest absolute Gasteiger partial charge is 0.269 e. The first kappa shape index (κ1) is 17.8. The fourth-order valence-electron chi connectivity index (χ4n) is 2.23. The molecule has 26 heavy (non-hydrogen) atoms. The van der Waals surface area contributed by atoms with Crippen LogP contribution in [0.4, 0.5) is 4.39 Å². The van der Waals surface area contributed by atoms with Crippen molar-refractivity contribution in [1.29, 1.82) is 0 Å². The minimum atomic E-state index is -3.96. The molecule has 0 radical (unpaired) electrons. The maximum absolute atomic E-state index is 14.0. The van der Waals surface area contributed by atoms with Crippen molar-refractivity contribution in [3.05, 3.63) is 77.9 Å². The Bertz CT molecular complexity index is 1050. The van der Waals surface area contributed by atoms with E-state index in [1.165, 1.54) is 28.9 Å². The third kappa shape index (κ3) is 3.79. The lowest BCUT2D eigenvalue weighted by molar-refractivity contribution is 0.0941. The number of sulfonamides is 1. The lowest BCUT2D eigenvalue weighted by Gasteiger charge is -2.10. The second kappa shape index (κ2) is 7.06. The van der Waals surface area contributed by atoms with E-state index in [1.807, 2.05) is 10.3 Å². The zero-order chi connectivity index (χ0) is 18.7. The van der Waals surface area contributed by atoms with Gasteiger partial charge in [0.15, 0.2) is 0 Å². The molecule has 0 saturated carbocycles. The van der Waals surface area contributed by atoms with Crippen molar-refractivity contribution in [2.75, 3.05) is 0 Å². The normalized spacial score (nSPS) is 11.3. The first-order valence-corrected chi connectivity index (χ1v) is 9.04. The fraction of sp³-hybridized carbons (Fsp3) is 0.0588. The van der Waals surface area contributed by atoms with E-state index in [9.17, 15) is 17.6 Å². The van der Waals surface area contributed by atoms with E-state index < -0.39 is 21.7 Å². The standard InChI is InChI=1S/C17H15FN4O3S/c1-12-9-10-22(20-12)13-7-8-16(18)15(11-13)17(23)19-21-26(24,25)14-5-3-2-4-6-14/h2-11,21H,1H3,(H,19,23). The Morgan fingerprint density at radius 3 is 2.50 bits per heavy atom. The number of halogens is 1. The zero-order valence-electron chi connectivity index (χ0n) is 13.7. The quantitative estimate of drug-likeness (QED) is 0.668. The van der Waals surface area contributed by atoms with Gasteiger partial charge in [-0.25, -0.2) is 17.5 Å². The molecule has 1 heterocycles. The Hall–Kier alpha value is -3.04. The minimum Gasteiger partial charge on any atom is -0.273 e. The van der Waals surface area contributed by atoms with E-state index in [2.05, 4.69) is 5.10 Å². The highest BCUT2D eigenvalue weighted by Crippen LogP contribution is 2.14. The van der Waals surface area contributed by atoms with Gasteiger partial charge in [-0.3, -0.25) is 10.2 Å². The van der Waals surface area contributed by atoms with Crippen LogP contribution in [0.3, 0.4) is 0 Å². The van der Waals surface area contributed by atoms with Gasteiger partial charge >= 0.3 is 0 Å². The Balaban J connectivity index is 1.80. The average molecular weight is 374 g/mol. The van der Waals surface area contributed by atoms with Crippen molar-refractivity contribution in [3.63, 3.8) is 0 Å². The molecule has 9 heteroatoms. The zero-order valence-corrected chi connectivity index (χ0v) is 14.5. The first-order valence-electron chi connectivity index (χ1n) is 7.56. The van der Waals surface area contributed by atoms with Gasteiger partial charge in [-0.15, -0.1) is 4.83 Å². The molecule has 0 aliphatic rings. The summed E-state index contributed by atoms with van der Waals surface area (Å²) < 4.78 is 39.7. The van der Waals surface area contributed by atoms with Gasteiger partial charge in [-0.1, -0.05) is 18.2 Å². The van der Waals surface area contributed by atoms with Gasteiger partial charge in [0.2, 0.25) is 0 Å². The molecule has 7 nitrogen and oxygen atoms in total. The molecule has 3 rings (SSSR count). The van der Waals surface area contributed by atoms with Crippen LogP contribution < -0.4 is 10.3 Å². The second-order valence-electron chi connectivity index (χ2n) is 5.44. The summed E-state index contributed by atoms with van der Waals surface area (Å²) in [4.78, 5) is 14.1. The number of carbonyl (C=O) groups is 1. The van der Waals surface area contributed by atoms with E-state index in [-0.39, 0.29) is 10.5 Å². The van der Waals surface area contributed by atoms with Crippen LogP contribution in [0, 0.1) is 12.7 Å². The molecule has 0 saturated heterocycles. The topological polar surface area (TPSA) is 93.1 Å². The number of nitrogens with zero attached hydrogens (tertiary/aromatic N) is 2. The average Bonchev–Trinajstić information content (AvgIpc) is 3.07. The molecular weight excluding hydrogens is 359 g/mol. The minimum absolute atomic E-state index is 0.0264. The summed E-state index contributed by atoms with van der Waals surface area (Å²) in [6.45, 7) is 1.80. The molecule has 0 aliphatic carbocycles. The highest BCUT2D eigenvalue weighted by atomic mass is 32.2. The SMILES string of the molecule is Cc1ccn(-c2ccc(F)c(C(=O)NNS(=O)(=O)c3ccccc3)c2)n1. The van der Waals surface area contributed by atoms with Gasteiger partial charge in [-0.05, 0) is 43.3 Å². The van der Waals surface area contributed by atoms with Crippen LogP contribution in [0.25, 0.3) is 5.69 Å². The van der Waals surface area contributed by atoms with E-state index in [0.29, 0.717) is 5.69 Å². The summed E-state index contributed by atoms with van der Waals surface area (Å²) in [6, 6.07) is 13.1. The molecule has 3 aromatic rings. The third-order valence-electron chi connectivity index (χ3n) is 3.53. The maximum Gasteiger partial charge on any atom is 0.269 e. The predicted molar refractivity (Wildman–Crippen MR) is 92.5 cm³/mol. The number of benzene rings is 2. The molecule has 0 spiro atoms. The maximum atomic E-state index is 14.0. The summed E-state index contributed by atoms with van der Waals surface area (Å²) in [5.74, 6) is -1.71. The predicted octanol–water partition coefficient (Wildman–Crippen LogP) is 1.94. The Morgan fingerprint density at radius 1 is 1.12 bits per heavy atom. The number of amides is 1. The van der Waals surface area contributed by atoms with Crippen molar-refractivity contribution >= 4 is 15.9 Å². The Kier molecular flexibility index (Phi) is 4.83. The first-order chi connectivity index (χ1) is 12.4. The van der Waals surface area contributed by atoms with Crippen LogP contribution in [0.1, 0.15) is 16.1 Å².